The van der Waals surface area contributed by atoms with Gasteiger partial charge >= 0.3 is 11.9 Å². The first-order valence-corrected chi connectivity index (χ1v) is 6.19. The molecule has 0 aromatic carbocycles. The van der Waals surface area contributed by atoms with Crippen LogP contribution in [0.15, 0.2) is 0 Å². The fourth-order valence-electron chi connectivity index (χ4n) is 2.25. The van der Waals surface area contributed by atoms with E-state index in [1.54, 1.807) is 13.8 Å². The number of carbonyl (C=O) groups excluding carboxylic acids is 2. The maximum atomic E-state index is 12.0. The molecule has 2 atom stereocenters. The van der Waals surface area contributed by atoms with E-state index in [1.165, 1.54) is 0 Å². The lowest BCUT2D eigenvalue weighted by atomic mass is 9.70. The molecule has 0 saturated heterocycles. The van der Waals surface area contributed by atoms with Crippen LogP contribution in [0.1, 0.15) is 33.1 Å². The van der Waals surface area contributed by atoms with Crippen molar-refractivity contribution in [1.29, 1.82) is 0 Å². The van der Waals surface area contributed by atoms with Gasteiger partial charge in [-0.2, -0.15) is 0 Å². The fraction of sp³-hybridized carbons (Fsp3) is 0.833. The van der Waals surface area contributed by atoms with Crippen molar-refractivity contribution >= 4 is 11.9 Å². The minimum absolute atomic E-state index is 0.100. The summed E-state index contributed by atoms with van der Waals surface area (Å²) in [5, 5.41) is 19.7. The van der Waals surface area contributed by atoms with E-state index in [0.717, 1.165) is 0 Å². The number of hydrogen-bond donors (Lipinski definition) is 2. The van der Waals surface area contributed by atoms with Crippen molar-refractivity contribution in [3.63, 3.8) is 0 Å². The molecule has 1 saturated carbocycles. The molecule has 6 heteroatoms. The third-order valence-electron chi connectivity index (χ3n) is 3.18. The first-order chi connectivity index (χ1) is 8.48. The van der Waals surface area contributed by atoms with Gasteiger partial charge in [0.1, 0.15) is 0 Å². The highest BCUT2D eigenvalue weighted by molar-refractivity contribution is 6.01. The van der Waals surface area contributed by atoms with E-state index in [9.17, 15) is 19.8 Å². The van der Waals surface area contributed by atoms with Gasteiger partial charge in [0.05, 0.1) is 25.4 Å². The third kappa shape index (κ3) is 2.64. The third-order valence-corrected chi connectivity index (χ3v) is 3.18. The Labute approximate surface area is 106 Å². The van der Waals surface area contributed by atoms with Gasteiger partial charge in [-0.3, -0.25) is 9.59 Å². The van der Waals surface area contributed by atoms with Crippen molar-refractivity contribution in [1.82, 2.24) is 0 Å². The lowest BCUT2D eigenvalue weighted by Gasteiger charge is -2.38. The topological polar surface area (TPSA) is 93.1 Å². The van der Waals surface area contributed by atoms with Crippen LogP contribution in [0.4, 0.5) is 0 Å². The molecule has 18 heavy (non-hydrogen) atoms. The van der Waals surface area contributed by atoms with E-state index in [4.69, 9.17) is 9.47 Å². The fourth-order valence-corrected chi connectivity index (χ4v) is 2.25. The van der Waals surface area contributed by atoms with Crippen molar-refractivity contribution in [3.05, 3.63) is 0 Å². The Morgan fingerprint density at radius 2 is 1.61 bits per heavy atom. The normalized spacial score (nSPS) is 26.4. The Bertz CT molecular complexity index is 296. The zero-order valence-corrected chi connectivity index (χ0v) is 10.7. The lowest BCUT2D eigenvalue weighted by molar-refractivity contribution is -0.189. The molecule has 104 valence electrons. The van der Waals surface area contributed by atoms with E-state index in [-0.39, 0.29) is 26.1 Å². The van der Waals surface area contributed by atoms with Gasteiger partial charge in [-0.15, -0.1) is 0 Å². The smallest absolute Gasteiger partial charge is 0.326 e. The first kappa shape index (κ1) is 14.9. The average Bonchev–Trinajstić information content (AvgIpc) is 2.32. The molecule has 6 nitrogen and oxygen atoms in total. The van der Waals surface area contributed by atoms with E-state index in [1.807, 2.05) is 0 Å². The molecule has 0 amide bonds. The molecule has 0 aliphatic heterocycles. The second-order valence-corrected chi connectivity index (χ2v) is 4.36. The van der Waals surface area contributed by atoms with Gasteiger partial charge in [0, 0.05) is 6.42 Å². The largest absolute Gasteiger partial charge is 0.465 e. The van der Waals surface area contributed by atoms with Crippen molar-refractivity contribution in [3.8, 4) is 0 Å². The lowest BCUT2D eigenvalue weighted by Crippen LogP contribution is -2.55. The summed E-state index contributed by atoms with van der Waals surface area (Å²) in [4.78, 5) is 24.0. The molecule has 1 aliphatic carbocycles. The number of esters is 2. The van der Waals surface area contributed by atoms with Crippen LogP contribution < -0.4 is 0 Å². The zero-order valence-electron chi connectivity index (χ0n) is 10.7. The highest BCUT2D eigenvalue weighted by Gasteiger charge is 2.57. The Balaban J connectivity index is 3.05. The van der Waals surface area contributed by atoms with E-state index in [2.05, 4.69) is 0 Å². The Morgan fingerprint density at radius 1 is 1.11 bits per heavy atom. The summed E-state index contributed by atoms with van der Waals surface area (Å²) in [6.07, 6.45) is -1.65. The van der Waals surface area contributed by atoms with Gasteiger partial charge in [0.15, 0.2) is 5.41 Å². The Morgan fingerprint density at radius 3 is 2.06 bits per heavy atom. The molecule has 1 rings (SSSR count). The van der Waals surface area contributed by atoms with Crippen LogP contribution in [0.5, 0.6) is 0 Å². The van der Waals surface area contributed by atoms with Crippen LogP contribution in [0, 0.1) is 5.41 Å². The molecule has 0 heterocycles. The van der Waals surface area contributed by atoms with Crippen LogP contribution in [0.2, 0.25) is 0 Å². The maximum Gasteiger partial charge on any atom is 0.326 e. The Kier molecular flexibility index (Phi) is 5.10. The zero-order chi connectivity index (χ0) is 13.8. The average molecular weight is 260 g/mol. The SMILES string of the molecule is CCOC(=O)C1(C(=O)OCC)CC(O)CCC1O. The van der Waals surface area contributed by atoms with Crippen molar-refractivity contribution in [2.45, 2.75) is 45.3 Å². The van der Waals surface area contributed by atoms with Crippen LogP contribution >= 0.6 is 0 Å². The predicted molar refractivity (Wildman–Crippen MR) is 61.6 cm³/mol. The quantitative estimate of drug-likeness (QED) is 0.546. The molecular formula is C12H20O6. The predicted octanol–water partition coefficient (Wildman–Crippen LogP) is 0.00470. The maximum absolute atomic E-state index is 12.0. The number of carbonyl (C=O) groups is 2. The van der Waals surface area contributed by atoms with Crippen molar-refractivity contribution in [2.75, 3.05) is 13.2 Å². The molecule has 0 bridgehead atoms. The number of aliphatic hydroxyl groups excluding tert-OH is 2. The molecule has 2 N–H and O–H groups in total. The highest BCUT2D eigenvalue weighted by atomic mass is 16.6. The van der Waals surface area contributed by atoms with Crippen LogP contribution in [-0.2, 0) is 19.1 Å². The summed E-state index contributed by atoms with van der Waals surface area (Å²) in [6, 6.07) is 0. The number of aliphatic hydroxyl groups is 2. The first-order valence-electron chi connectivity index (χ1n) is 6.19. The monoisotopic (exact) mass is 260 g/mol. The van der Waals surface area contributed by atoms with Crippen LogP contribution in [-0.4, -0.2) is 47.6 Å². The van der Waals surface area contributed by atoms with E-state index in [0.29, 0.717) is 6.42 Å². The summed E-state index contributed by atoms with van der Waals surface area (Å²) >= 11 is 0. The van der Waals surface area contributed by atoms with Gasteiger partial charge in [0.2, 0.25) is 0 Å². The molecule has 2 unspecified atom stereocenters. The molecule has 0 aromatic rings. The standard InChI is InChI=1S/C12H20O6/c1-3-17-10(15)12(11(16)18-4-2)7-8(13)5-6-9(12)14/h8-9,13-14H,3-7H2,1-2H3. The van der Waals surface area contributed by atoms with Gasteiger partial charge in [0.25, 0.3) is 0 Å². The van der Waals surface area contributed by atoms with Gasteiger partial charge < -0.3 is 19.7 Å². The number of rotatable bonds is 4. The summed E-state index contributed by atoms with van der Waals surface area (Å²) in [7, 11) is 0. The van der Waals surface area contributed by atoms with Gasteiger partial charge in [-0.1, -0.05) is 0 Å². The van der Waals surface area contributed by atoms with Crippen molar-refractivity contribution < 1.29 is 29.3 Å². The van der Waals surface area contributed by atoms with Crippen LogP contribution in [0.3, 0.4) is 0 Å². The minimum Gasteiger partial charge on any atom is -0.465 e. The minimum atomic E-state index is -1.79. The molecule has 0 radical (unpaired) electrons. The van der Waals surface area contributed by atoms with E-state index >= 15 is 0 Å². The Hall–Kier alpha value is -1.14. The van der Waals surface area contributed by atoms with Crippen LogP contribution in [0.25, 0.3) is 0 Å². The molecule has 1 aliphatic rings. The summed E-state index contributed by atoms with van der Waals surface area (Å²) in [6.45, 7) is 3.43. The number of ether oxygens (including phenoxy) is 2. The highest BCUT2D eigenvalue weighted by Crippen LogP contribution is 2.39. The second-order valence-electron chi connectivity index (χ2n) is 4.36. The van der Waals surface area contributed by atoms with Gasteiger partial charge in [-0.05, 0) is 26.7 Å². The molecule has 0 spiro atoms. The van der Waals surface area contributed by atoms with E-state index < -0.39 is 29.6 Å². The number of hydrogen-bond acceptors (Lipinski definition) is 6. The van der Waals surface area contributed by atoms with Crippen molar-refractivity contribution in [2.24, 2.45) is 5.41 Å². The molecular weight excluding hydrogens is 240 g/mol. The van der Waals surface area contributed by atoms with Gasteiger partial charge in [-0.25, -0.2) is 0 Å². The summed E-state index contributed by atoms with van der Waals surface area (Å²) < 4.78 is 9.72. The molecule has 1 fully saturated rings. The molecule has 0 aromatic heterocycles. The second kappa shape index (κ2) is 6.15. The summed E-state index contributed by atoms with van der Waals surface area (Å²) in [5.41, 5.74) is -1.79. The summed E-state index contributed by atoms with van der Waals surface area (Å²) in [5.74, 6) is -1.65.